The van der Waals surface area contributed by atoms with Crippen molar-refractivity contribution < 1.29 is 18.4 Å². The van der Waals surface area contributed by atoms with Crippen LogP contribution in [0.15, 0.2) is 18.2 Å². The third kappa shape index (κ3) is 4.03. The van der Waals surface area contributed by atoms with E-state index in [9.17, 15) is 18.4 Å². The number of carbonyl (C=O) groups excluding carboxylic acids is 2. The minimum absolute atomic E-state index is 0.116. The smallest absolute Gasteiger partial charge is 0.266 e. The van der Waals surface area contributed by atoms with Crippen molar-refractivity contribution in [3.8, 4) is 0 Å². The minimum Gasteiger partial charge on any atom is -0.336 e. The maximum Gasteiger partial charge on any atom is 0.266 e. The van der Waals surface area contributed by atoms with Gasteiger partial charge in [-0.2, -0.15) is 0 Å². The van der Waals surface area contributed by atoms with Gasteiger partial charge in [-0.1, -0.05) is 6.07 Å². The Kier molecular flexibility index (Phi) is 4.88. The highest BCUT2D eigenvalue weighted by Gasteiger charge is 2.56. The van der Waals surface area contributed by atoms with Gasteiger partial charge in [-0.3, -0.25) is 14.6 Å². The summed E-state index contributed by atoms with van der Waals surface area (Å²) in [6.45, 7) is 2.30. The van der Waals surface area contributed by atoms with Crippen LogP contribution < -0.4 is 0 Å². The Morgan fingerprint density at radius 1 is 1.29 bits per heavy atom. The predicted molar refractivity (Wildman–Crippen MR) is 99.5 cm³/mol. The fourth-order valence-electron chi connectivity index (χ4n) is 4.68. The molecule has 3 aliphatic rings. The van der Waals surface area contributed by atoms with Crippen molar-refractivity contribution >= 4 is 11.8 Å². The lowest BCUT2D eigenvalue weighted by Gasteiger charge is -2.49. The van der Waals surface area contributed by atoms with Crippen LogP contribution in [0.1, 0.15) is 49.9 Å². The Balaban J connectivity index is 1.53. The molecule has 1 atom stereocenters. The molecule has 3 fully saturated rings. The van der Waals surface area contributed by atoms with Gasteiger partial charge in [0.15, 0.2) is 0 Å². The highest BCUT2D eigenvalue weighted by Crippen LogP contribution is 2.46. The Morgan fingerprint density at radius 2 is 2.07 bits per heavy atom. The molecule has 4 rings (SSSR count). The number of halogens is 2. The van der Waals surface area contributed by atoms with Gasteiger partial charge in [0.25, 0.3) is 5.92 Å². The van der Waals surface area contributed by atoms with E-state index in [4.69, 9.17) is 0 Å². The van der Waals surface area contributed by atoms with E-state index in [1.54, 1.807) is 4.90 Å². The number of rotatable bonds is 4. The molecule has 7 heteroatoms. The number of amides is 2. The van der Waals surface area contributed by atoms with Gasteiger partial charge in [0, 0.05) is 31.6 Å². The van der Waals surface area contributed by atoms with E-state index in [1.807, 2.05) is 25.1 Å². The fourth-order valence-corrected chi connectivity index (χ4v) is 4.68. The lowest BCUT2D eigenvalue weighted by Crippen LogP contribution is -2.61. The third-order valence-electron chi connectivity index (χ3n) is 6.15. The molecule has 2 amide bonds. The Labute approximate surface area is 164 Å². The number of aryl methyl sites for hydroxylation is 1. The molecule has 2 aliphatic heterocycles. The molecule has 5 nitrogen and oxygen atoms in total. The summed E-state index contributed by atoms with van der Waals surface area (Å²) in [6.07, 6.45) is 2.93. The number of likely N-dealkylation sites (tertiary alicyclic amines) is 2. The van der Waals surface area contributed by atoms with Gasteiger partial charge in [-0.15, -0.1) is 0 Å². The molecule has 152 valence electrons. The first-order valence-electron chi connectivity index (χ1n) is 10.1. The van der Waals surface area contributed by atoms with Crippen LogP contribution in [-0.2, 0) is 16.1 Å². The van der Waals surface area contributed by atoms with Crippen LogP contribution >= 0.6 is 0 Å². The Morgan fingerprint density at radius 3 is 2.79 bits per heavy atom. The molecule has 1 spiro atoms. The second-order valence-corrected chi connectivity index (χ2v) is 8.81. The fraction of sp³-hybridized carbons (Fsp3) is 0.667. The normalized spacial score (nSPS) is 27.3. The van der Waals surface area contributed by atoms with E-state index >= 15 is 0 Å². The van der Waals surface area contributed by atoms with Gasteiger partial charge in [0.1, 0.15) is 0 Å². The van der Waals surface area contributed by atoms with Gasteiger partial charge < -0.3 is 9.80 Å². The first-order chi connectivity index (χ1) is 13.3. The number of piperidine rings is 2. The molecule has 0 radical (unpaired) electrons. The molecule has 1 saturated carbocycles. The van der Waals surface area contributed by atoms with Crippen LogP contribution in [0, 0.1) is 18.3 Å². The molecule has 0 aromatic carbocycles. The molecule has 3 heterocycles. The molecular weight excluding hydrogens is 364 g/mol. The molecule has 1 aromatic heterocycles. The molecule has 1 unspecified atom stereocenters. The average molecular weight is 391 g/mol. The Bertz CT molecular complexity index is 781. The maximum atomic E-state index is 14.6. The zero-order valence-electron chi connectivity index (χ0n) is 16.3. The van der Waals surface area contributed by atoms with Gasteiger partial charge in [-0.25, -0.2) is 8.78 Å². The van der Waals surface area contributed by atoms with E-state index in [2.05, 4.69) is 4.98 Å². The first kappa shape index (κ1) is 19.3. The minimum atomic E-state index is -3.03. The third-order valence-corrected chi connectivity index (χ3v) is 6.15. The lowest BCUT2D eigenvalue weighted by atomic mass is 9.71. The molecule has 0 N–H and O–H groups in total. The lowest BCUT2D eigenvalue weighted by molar-refractivity contribution is -0.175. The molecular formula is C21H27F2N3O2. The van der Waals surface area contributed by atoms with Crippen LogP contribution in [0.2, 0.25) is 0 Å². The summed E-state index contributed by atoms with van der Waals surface area (Å²) in [4.78, 5) is 33.2. The number of carbonyl (C=O) groups is 2. The van der Waals surface area contributed by atoms with E-state index in [1.165, 1.54) is 4.90 Å². The van der Waals surface area contributed by atoms with E-state index in [0.29, 0.717) is 38.3 Å². The standard InChI is InChI=1S/C21H27F2N3O2/c1-15-4-2-5-17(24-15)11-25-9-3-8-20(19(25)28)12-21(22,23)14-26(13-20)18(27)10-16-6-7-16/h2,4-5,16H,3,6-14H2,1H3. The van der Waals surface area contributed by atoms with Crippen molar-refractivity contribution in [2.75, 3.05) is 19.6 Å². The quantitative estimate of drug-likeness (QED) is 0.792. The van der Waals surface area contributed by atoms with Gasteiger partial charge in [0.2, 0.25) is 11.8 Å². The largest absolute Gasteiger partial charge is 0.336 e. The van der Waals surface area contributed by atoms with Crippen LogP contribution in [0.4, 0.5) is 8.78 Å². The SMILES string of the molecule is Cc1cccc(CN2CCCC3(CN(C(=O)CC4CC4)CC(F)(F)C3)C2=O)n1. The van der Waals surface area contributed by atoms with Crippen molar-refractivity contribution in [3.05, 3.63) is 29.6 Å². The number of nitrogens with zero attached hydrogens (tertiary/aromatic N) is 3. The number of pyridine rings is 1. The predicted octanol–water partition coefficient (Wildman–Crippen LogP) is 3.17. The second kappa shape index (κ2) is 7.08. The number of alkyl halides is 2. The topological polar surface area (TPSA) is 53.5 Å². The zero-order chi connectivity index (χ0) is 19.9. The van der Waals surface area contributed by atoms with E-state index in [0.717, 1.165) is 24.2 Å². The maximum absolute atomic E-state index is 14.6. The number of hydrogen-bond donors (Lipinski definition) is 0. The van der Waals surface area contributed by atoms with E-state index in [-0.39, 0.29) is 18.4 Å². The molecule has 2 saturated heterocycles. The van der Waals surface area contributed by atoms with Gasteiger partial charge >= 0.3 is 0 Å². The highest BCUT2D eigenvalue weighted by molar-refractivity contribution is 5.85. The number of aromatic nitrogens is 1. The summed E-state index contributed by atoms with van der Waals surface area (Å²) in [5, 5.41) is 0. The van der Waals surface area contributed by atoms with Crippen LogP contribution in [-0.4, -0.2) is 52.2 Å². The molecule has 1 aromatic rings. The van der Waals surface area contributed by atoms with Crippen LogP contribution in [0.25, 0.3) is 0 Å². The summed E-state index contributed by atoms with van der Waals surface area (Å²) < 4.78 is 29.2. The summed E-state index contributed by atoms with van der Waals surface area (Å²) in [6, 6.07) is 5.62. The zero-order valence-corrected chi connectivity index (χ0v) is 16.3. The number of hydrogen-bond acceptors (Lipinski definition) is 3. The van der Waals surface area contributed by atoms with E-state index < -0.39 is 24.3 Å². The summed E-state index contributed by atoms with van der Waals surface area (Å²) >= 11 is 0. The average Bonchev–Trinajstić information content (AvgIpc) is 3.42. The highest BCUT2D eigenvalue weighted by atomic mass is 19.3. The molecule has 28 heavy (non-hydrogen) atoms. The molecule has 0 bridgehead atoms. The van der Waals surface area contributed by atoms with Crippen molar-refractivity contribution in [1.82, 2.24) is 14.8 Å². The van der Waals surface area contributed by atoms with Crippen molar-refractivity contribution in [2.24, 2.45) is 11.3 Å². The first-order valence-corrected chi connectivity index (χ1v) is 10.1. The Hall–Kier alpha value is -2.05. The monoisotopic (exact) mass is 391 g/mol. The second-order valence-electron chi connectivity index (χ2n) is 8.81. The van der Waals surface area contributed by atoms with Crippen LogP contribution in [0.3, 0.4) is 0 Å². The van der Waals surface area contributed by atoms with Crippen molar-refractivity contribution in [3.63, 3.8) is 0 Å². The molecule has 1 aliphatic carbocycles. The van der Waals surface area contributed by atoms with Crippen molar-refractivity contribution in [1.29, 1.82) is 0 Å². The van der Waals surface area contributed by atoms with Crippen molar-refractivity contribution in [2.45, 2.75) is 57.9 Å². The van der Waals surface area contributed by atoms with Gasteiger partial charge in [0.05, 0.1) is 24.2 Å². The van der Waals surface area contributed by atoms with Gasteiger partial charge in [-0.05, 0) is 50.7 Å². The van der Waals surface area contributed by atoms with Crippen LogP contribution in [0.5, 0.6) is 0 Å². The summed E-state index contributed by atoms with van der Waals surface area (Å²) in [7, 11) is 0. The summed E-state index contributed by atoms with van der Waals surface area (Å²) in [5.41, 5.74) is 0.440. The summed E-state index contributed by atoms with van der Waals surface area (Å²) in [5.74, 6) is -3.18.